The minimum absolute atomic E-state index is 0.124. The predicted molar refractivity (Wildman–Crippen MR) is 88.0 cm³/mol. The summed E-state index contributed by atoms with van der Waals surface area (Å²) in [6, 6.07) is 21.3. The number of nitrogens with zero attached hydrogens (tertiary/aromatic N) is 2. The minimum atomic E-state index is 0.124. The summed E-state index contributed by atoms with van der Waals surface area (Å²) in [4.78, 5) is 8.14. The van der Waals surface area contributed by atoms with Gasteiger partial charge in [-0.25, -0.2) is 0 Å². The van der Waals surface area contributed by atoms with E-state index in [1.807, 2.05) is 60.7 Å². The molecule has 5 nitrogen and oxygen atoms in total. The molecule has 2 aromatic carbocycles. The summed E-state index contributed by atoms with van der Waals surface area (Å²) in [5.74, 6) is 0.910. The van der Waals surface area contributed by atoms with Gasteiger partial charge in [-0.2, -0.15) is 9.97 Å². The summed E-state index contributed by atoms with van der Waals surface area (Å²) in [5, 5.41) is 0. The summed E-state index contributed by atoms with van der Waals surface area (Å²) in [5.41, 5.74) is 7.82. The van der Waals surface area contributed by atoms with E-state index in [1.54, 1.807) is 6.07 Å². The highest BCUT2D eigenvalue weighted by Crippen LogP contribution is 2.19. The Labute approximate surface area is 134 Å². The monoisotopic (exact) mass is 307 g/mol. The van der Waals surface area contributed by atoms with Crippen molar-refractivity contribution >= 4 is 5.95 Å². The first kappa shape index (κ1) is 14.8. The van der Waals surface area contributed by atoms with Gasteiger partial charge in [0.25, 0.3) is 0 Å². The largest absolute Gasteiger partial charge is 0.473 e. The highest BCUT2D eigenvalue weighted by Gasteiger charge is 2.05. The molecule has 0 amide bonds. The summed E-state index contributed by atoms with van der Waals surface area (Å²) < 4.78 is 11.3. The average molecular weight is 307 g/mol. The molecule has 0 saturated heterocycles. The van der Waals surface area contributed by atoms with Crippen LogP contribution in [0.25, 0.3) is 0 Å². The second kappa shape index (κ2) is 7.26. The summed E-state index contributed by atoms with van der Waals surface area (Å²) >= 11 is 0. The Balaban J connectivity index is 1.64. The Morgan fingerprint density at radius 2 is 1.13 bits per heavy atom. The lowest BCUT2D eigenvalue weighted by molar-refractivity contribution is 0.274. The first-order valence-corrected chi connectivity index (χ1v) is 7.27. The van der Waals surface area contributed by atoms with Crippen molar-refractivity contribution in [2.45, 2.75) is 13.2 Å². The quantitative estimate of drug-likeness (QED) is 0.757. The molecule has 5 heteroatoms. The molecular formula is C18H17N3O2. The van der Waals surface area contributed by atoms with Crippen LogP contribution >= 0.6 is 0 Å². The van der Waals surface area contributed by atoms with Crippen molar-refractivity contribution in [1.29, 1.82) is 0 Å². The molecule has 3 rings (SSSR count). The first-order valence-electron chi connectivity index (χ1n) is 7.27. The van der Waals surface area contributed by atoms with E-state index >= 15 is 0 Å². The second-order valence-electron chi connectivity index (χ2n) is 4.95. The number of hydrogen-bond acceptors (Lipinski definition) is 5. The van der Waals surface area contributed by atoms with Crippen LogP contribution in [-0.2, 0) is 13.2 Å². The van der Waals surface area contributed by atoms with Crippen molar-refractivity contribution in [2.24, 2.45) is 0 Å². The molecular weight excluding hydrogens is 290 g/mol. The number of nitrogen functional groups attached to an aromatic ring is 1. The van der Waals surface area contributed by atoms with E-state index in [9.17, 15) is 0 Å². The second-order valence-corrected chi connectivity index (χ2v) is 4.95. The Morgan fingerprint density at radius 1 is 0.696 bits per heavy atom. The maximum absolute atomic E-state index is 5.72. The average Bonchev–Trinajstić information content (AvgIpc) is 2.60. The lowest BCUT2D eigenvalue weighted by Gasteiger charge is -2.09. The van der Waals surface area contributed by atoms with Gasteiger partial charge in [-0.15, -0.1) is 0 Å². The smallest absolute Gasteiger partial charge is 0.226 e. The molecule has 0 aliphatic rings. The number of rotatable bonds is 6. The van der Waals surface area contributed by atoms with Gasteiger partial charge in [0.1, 0.15) is 13.2 Å². The maximum Gasteiger partial charge on any atom is 0.226 e. The van der Waals surface area contributed by atoms with Crippen LogP contribution in [0.5, 0.6) is 11.8 Å². The lowest BCUT2D eigenvalue weighted by Crippen LogP contribution is -2.04. The molecule has 0 saturated carbocycles. The van der Waals surface area contributed by atoms with Gasteiger partial charge in [0.15, 0.2) is 0 Å². The SMILES string of the molecule is Nc1nc(OCc2ccccc2)cc(OCc2ccccc2)n1. The third-order valence-electron chi connectivity index (χ3n) is 3.16. The molecule has 0 atom stereocenters. The predicted octanol–water partition coefficient (Wildman–Crippen LogP) is 3.22. The van der Waals surface area contributed by atoms with E-state index in [0.717, 1.165) is 11.1 Å². The van der Waals surface area contributed by atoms with Crippen molar-refractivity contribution in [2.75, 3.05) is 5.73 Å². The van der Waals surface area contributed by atoms with Crippen LogP contribution in [0, 0.1) is 0 Å². The van der Waals surface area contributed by atoms with Crippen LogP contribution < -0.4 is 15.2 Å². The number of hydrogen-bond donors (Lipinski definition) is 1. The van der Waals surface area contributed by atoms with E-state index < -0.39 is 0 Å². The third-order valence-corrected chi connectivity index (χ3v) is 3.16. The van der Waals surface area contributed by atoms with Gasteiger partial charge in [-0.3, -0.25) is 0 Å². The molecule has 1 heterocycles. The molecule has 0 aliphatic carbocycles. The van der Waals surface area contributed by atoms with Crippen molar-refractivity contribution in [3.8, 4) is 11.8 Å². The Kier molecular flexibility index (Phi) is 4.69. The van der Waals surface area contributed by atoms with Gasteiger partial charge in [-0.05, 0) is 11.1 Å². The van der Waals surface area contributed by atoms with Gasteiger partial charge in [0.2, 0.25) is 17.7 Å². The zero-order chi connectivity index (χ0) is 15.9. The van der Waals surface area contributed by atoms with Crippen molar-refractivity contribution in [1.82, 2.24) is 9.97 Å². The summed E-state index contributed by atoms with van der Waals surface area (Å²) in [7, 11) is 0. The topological polar surface area (TPSA) is 70.3 Å². The molecule has 3 aromatic rings. The Hall–Kier alpha value is -3.08. The van der Waals surface area contributed by atoms with E-state index in [1.165, 1.54) is 0 Å². The van der Waals surface area contributed by atoms with Crippen LogP contribution in [0.3, 0.4) is 0 Å². The van der Waals surface area contributed by atoms with Gasteiger partial charge in [-0.1, -0.05) is 60.7 Å². The molecule has 0 radical (unpaired) electrons. The van der Waals surface area contributed by atoms with Gasteiger partial charge in [0.05, 0.1) is 6.07 Å². The van der Waals surface area contributed by atoms with E-state index in [4.69, 9.17) is 15.2 Å². The maximum atomic E-state index is 5.72. The zero-order valence-electron chi connectivity index (χ0n) is 12.6. The van der Waals surface area contributed by atoms with E-state index in [0.29, 0.717) is 25.0 Å². The summed E-state index contributed by atoms with van der Waals surface area (Å²) in [6.45, 7) is 0.824. The molecule has 0 bridgehead atoms. The standard InChI is InChI=1S/C18H17N3O2/c19-18-20-16(22-12-14-7-3-1-4-8-14)11-17(21-18)23-13-15-9-5-2-6-10-15/h1-11H,12-13H2,(H2,19,20,21). The van der Waals surface area contributed by atoms with Gasteiger partial charge >= 0.3 is 0 Å². The lowest BCUT2D eigenvalue weighted by atomic mass is 10.2. The van der Waals surface area contributed by atoms with Crippen molar-refractivity contribution in [3.05, 3.63) is 77.9 Å². The number of nitrogens with two attached hydrogens (primary N) is 1. The van der Waals surface area contributed by atoms with Crippen LogP contribution in [0.1, 0.15) is 11.1 Å². The first-order chi connectivity index (χ1) is 11.3. The Bertz CT molecular complexity index is 687. The highest BCUT2D eigenvalue weighted by atomic mass is 16.5. The fraction of sp³-hybridized carbons (Fsp3) is 0.111. The molecule has 1 aromatic heterocycles. The van der Waals surface area contributed by atoms with Gasteiger partial charge < -0.3 is 15.2 Å². The molecule has 0 unspecified atom stereocenters. The van der Waals surface area contributed by atoms with Crippen LogP contribution in [0.15, 0.2) is 66.7 Å². The molecule has 116 valence electrons. The molecule has 0 aliphatic heterocycles. The number of benzene rings is 2. The number of aromatic nitrogens is 2. The fourth-order valence-electron chi connectivity index (χ4n) is 2.03. The van der Waals surface area contributed by atoms with Crippen molar-refractivity contribution < 1.29 is 9.47 Å². The van der Waals surface area contributed by atoms with Crippen LogP contribution in [0.4, 0.5) is 5.95 Å². The number of anilines is 1. The third kappa shape index (κ3) is 4.44. The number of ether oxygens (including phenoxy) is 2. The normalized spacial score (nSPS) is 10.3. The molecule has 2 N–H and O–H groups in total. The van der Waals surface area contributed by atoms with E-state index in [2.05, 4.69) is 9.97 Å². The van der Waals surface area contributed by atoms with Gasteiger partial charge in [0, 0.05) is 0 Å². The Morgan fingerprint density at radius 3 is 1.57 bits per heavy atom. The van der Waals surface area contributed by atoms with Crippen LogP contribution in [-0.4, -0.2) is 9.97 Å². The summed E-state index contributed by atoms with van der Waals surface area (Å²) in [6.07, 6.45) is 0. The molecule has 0 spiro atoms. The highest BCUT2D eigenvalue weighted by molar-refractivity contribution is 5.30. The van der Waals surface area contributed by atoms with Crippen molar-refractivity contribution in [3.63, 3.8) is 0 Å². The zero-order valence-corrected chi connectivity index (χ0v) is 12.6. The molecule has 23 heavy (non-hydrogen) atoms. The van der Waals surface area contributed by atoms with Crippen LogP contribution in [0.2, 0.25) is 0 Å². The van der Waals surface area contributed by atoms with E-state index in [-0.39, 0.29) is 5.95 Å². The minimum Gasteiger partial charge on any atom is -0.473 e. The molecule has 0 fully saturated rings. The fourth-order valence-corrected chi connectivity index (χ4v) is 2.03.